The van der Waals surface area contributed by atoms with Gasteiger partial charge in [-0.2, -0.15) is 0 Å². The first-order valence-electron chi connectivity index (χ1n) is 9.50. The number of nitrogens with zero attached hydrogens (tertiary/aromatic N) is 5. The predicted molar refractivity (Wildman–Crippen MR) is 105 cm³/mol. The van der Waals surface area contributed by atoms with Gasteiger partial charge < -0.3 is 19.4 Å². The van der Waals surface area contributed by atoms with Crippen molar-refractivity contribution in [1.29, 1.82) is 0 Å². The van der Waals surface area contributed by atoms with Crippen LogP contribution in [0.3, 0.4) is 0 Å². The molecule has 0 saturated carbocycles. The summed E-state index contributed by atoms with van der Waals surface area (Å²) in [6.07, 6.45) is 5.50. The number of benzene rings is 1. The van der Waals surface area contributed by atoms with E-state index in [-0.39, 0.29) is 5.91 Å². The van der Waals surface area contributed by atoms with Crippen molar-refractivity contribution in [2.45, 2.75) is 12.8 Å². The third-order valence-corrected chi connectivity index (χ3v) is 5.29. The second-order valence-corrected chi connectivity index (χ2v) is 6.93. The van der Waals surface area contributed by atoms with Crippen LogP contribution in [-0.4, -0.2) is 67.2 Å². The Morgan fingerprint density at radius 3 is 2.15 bits per heavy atom. The van der Waals surface area contributed by atoms with Gasteiger partial charge in [0.15, 0.2) is 0 Å². The molecule has 0 atom stereocenters. The molecule has 1 aromatic carbocycles. The summed E-state index contributed by atoms with van der Waals surface area (Å²) in [5.41, 5.74) is 1.64. The lowest BCUT2D eigenvalue weighted by molar-refractivity contribution is 0.0786. The van der Waals surface area contributed by atoms with Crippen molar-refractivity contribution in [2.75, 3.05) is 56.2 Å². The lowest BCUT2D eigenvalue weighted by Crippen LogP contribution is -2.46. The first-order chi connectivity index (χ1) is 13.2. The summed E-state index contributed by atoms with van der Waals surface area (Å²) in [7, 11) is 1.68. The molecule has 142 valence electrons. The molecule has 4 rings (SSSR count). The van der Waals surface area contributed by atoms with Crippen LogP contribution in [0, 0.1) is 0 Å². The highest BCUT2D eigenvalue weighted by Gasteiger charge is 2.22. The Morgan fingerprint density at radius 2 is 1.56 bits per heavy atom. The molecule has 2 saturated heterocycles. The zero-order valence-electron chi connectivity index (χ0n) is 15.7. The van der Waals surface area contributed by atoms with Crippen LogP contribution >= 0.6 is 0 Å². The SMILES string of the molecule is COc1ccc(N2CCN(c3cnc(C(=O)N4CCCC4)cn3)CC2)cc1. The number of amides is 1. The quantitative estimate of drug-likeness (QED) is 0.824. The molecule has 2 fully saturated rings. The minimum Gasteiger partial charge on any atom is -0.497 e. The van der Waals surface area contributed by atoms with E-state index in [1.165, 1.54) is 5.69 Å². The van der Waals surface area contributed by atoms with Gasteiger partial charge in [-0.25, -0.2) is 9.97 Å². The normalized spacial score (nSPS) is 17.3. The van der Waals surface area contributed by atoms with Gasteiger partial charge in [0.2, 0.25) is 0 Å². The fraction of sp³-hybridized carbons (Fsp3) is 0.450. The summed E-state index contributed by atoms with van der Waals surface area (Å²) < 4.78 is 5.22. The Kier molecular flexibility index (Phi) is 5.09. The van der Waals surface area contributed by atoms with Gasteiger partial charge in [0.05, 0.1) is 19.5 Å². The Balaban J connectivity index is 1.35. The van der Waals surface area contributed by atoms with Gasteiger partial charge in [0.1, 0.15) is 17.3 Å². The molecule has 2 aromatic rings. The van der Waals surface area contributed by atoms with Gasteiger partial charge in [-0.05, 0) is 37.1 Å². The van der Waals surface area contributed by atoms with Crippen molar-refractivity contribution in [3.05, 3.63) is 42.4 Å². The molecule has 0 N–H and O–H groups in total. The summed E-state index contributed by atoms with van der Waals surface area (Å²) >= 11 is 0. The maximum atomic E-state index is 12.4. The second kappa shape index (κ2) is 7.82. The molecule has 0 aliphatic carbocycles. The van der Waals surface area contributed by atoms with Crippen LogP contribution in [0.15, 0.2) is 36.7 Å². The van der Waals surface area contributed by atoms with Crippen molar-refractivity contribution in [3.63, 3.8) is 0 Å². The predicted octanol–water partition coefficient (Wildman–Crippen LogP) is 2.05. The number of carbonyl (C=O) groups is 1. The highest BCUT2D eigenvalue weighted by molar-refractivity contribution is 5.92. The van der Waals surface area contributed by atoms with Gasteiger partial charge in [-0.1, -0.05) is 0 Å². The maximum absolute atomic E-state index is 12.4. The number of hydrogen-bond donors (Lipinski definition) is 0. The minimum atomic E-state index is -0.00382. The molecular weight excluding hydrogens is 342 g/mol. The number of rotatable bonds is 4. The Hall–Kier alpha value is -2.83. The standard InChI is InChI=1S/C20H25N5O2/c1-27-17-6-4-16(5-7-17)23-10-12-24(13-11-23)19-15-21-18(14-22-19)20(26)25-8-2-3-9-25/h4-7,14-15H,2-3,8-13H2,1H3. The highest BCUT2D eigenvalue weighted by Crippen LogP contribution is 2.22. The Labute approximate surface area is 159 Å². The molecule has 27 heavy (non-hydrogen) atoms. The van der Waals surface area contributed by atoms with E-state index < -0.39 is 0 Å². The number of hydrogen-bond acceptors (Lipinski definition) is 6. The smallest absolute Gasteiger partial charge is 0.274 e. The largest absolute Gasteiger partial charge is 0.497 e. The third-order valence-electron chi connectivity index (χ3n) is 5.29. The van der Waals surface area contributed by atoms with E-state index in [9.17, 15) is 4.79 Å². The number of likely N-dealkylation sites (tertiary alicyclic amines) is 1. The molecule has 0 bridgehead atoms. The summed E-state index contributed by atoms with van der Waals surface area (Å²) in [5, 5.41) is 0. The first kappa shape index (κ1) is 17.6. The monoisotopic (exact) mass is 367 g/mol. The van der Waals surface area contributed by atoms with Crippen LogP contribution in [0.25, 0.3) is 0 Å². The summed E-state index contributed by atoms with van der Waals surface area (Å²) in [6, 6.07) is 8.16. The molecule has 7 nitrogen and oxygen atoms in total. The second-order valence-electron chi connectivity index (χ2n) is 6.93. The maximum Gasteiger partial charge on any atom is 0.274 e. The summed E-state index contributed by atoms with van der Waals surface area (Å²) in [4.78, 5) is 27.7. The number of aromatic nitrogens is 2. The van der Waals surface area contributed by atoms with E-state index in [0.717, 1.165) is 63.7 Å². The van der Waals surface area contributed by atoms with Gasteiger partial charge in [0, 0.05) is 45.0 Å². The van der Waals surface area contributed by atoms with Crippen molar-refractivity contribution in [3.8, 4) is 5.75 Å². The Bertz CT molecular complexity index is 764. The van der Waals surface area contributed by atoms with Gasteiger partial charge in [-0.15, -0.1) is 0 Å². The van der Waals surface area contributed by atoms with Crippen LogP contribution in [0.2, 0.25) is 0 Å². The van der Waals surface area contributed by atoms with Gasteiger partial charge in [-0.3, -0.25) is 4.79 Å². The van der Waals surface area contributed by atoms with Crippen molar-refractivity contribution in [1.82, 2.24) is 14.9 Å². The van der Waals surface area contributed by atoms with Gasteiger partial charge in [0.25, 0.3) is 5.91 Å². The lowest BCUT2D eigenvalue weighted by atomic mass is 10.2. The van der Waals surface area contributed by atoms with E-state index in [4.69, 9.17) is 4.74 Å². The topological polar surface area (TPSA) is 61.8 Å². The van der Waals surface area contributed by atoms with Crippen molar-refractivity contribution >= 4 is 17.4 Å². The number of carbonyl (C=O) groups excluding carboxylic acids is 1. The van der Waals surface area contributed by atoms with Crippen LogP contribution in [0.5, 0.6) is 5.75 Å². The van der Waals surface area contributed by atoms with E-state index in [1.54, 1.807) is 19.5 Å². The summed E-state index contributed by atoms with van der Waals surface area (Å²) in [6.45, 7) is 5.25. The Morgan fingerprint density at radius 1 is 0.889 bits per heavy atom. The number of methoxy groups -OCH3 is 1. The van der Waals surface area contributed by atoms with Crippen LogP contribution < -0.4 is 14.5 Å². The molecule has 1 amide bonds. The average Bonchev–Trinajstić information content (AvgIpc) is 3.28. The van der Waals surface area contributed by atoms with Crippen LogP contribution in [-0.2, 0) is 0 Å². The highest BCUT2D eigenvalue weighted by atomic mass is 16.5. The molecule has 0 spiro atoms. The average molecular weight is 367 g/mol. The lowest BCUT2D eigenvalue weighted by Gasteiger charge is -2.36. The van der Waals surface area contributed by atoms with E-state index in [2.05, 4.69) is 31.9 Å². The number of ether oxygens (including phenoxy) is 1. The fourth-order valence-electron chi connectivity index (χ4n) is 3.66. The van der Waals surface area contributed by atoms with E-state index in [1.807, 2.05) is 17.0 Å². The molecule has 2 aliphatic heterocycles. The molecular formula is C20H25N5O2. The van der Waals surface area contributed by atoms with Crippen molar-refractivity contribution < 1.29 is 9.53 Å². The number of piperazine rings is 1. The molecule has 3 heterocycles. The molecule has 0 radical (unpaired) electrons. The van der Waals surface area contributed by atoms with Crippen molar-refractivity contribution in [2.24, 2.45) is 0 Å². The number of anilines is 2. The molecule has 0 unspecified atom stereocenters. The zero-order valence-corrected chi connectivity index (χ0v) is 15.7. The first-order valence-corrected chi connectivity index (χ1v) is 9.50. The third kappa shape index (κ3) is 3.82. The minimum absolute atomic E-state index is 0.00382. The molecule has 7 heteroatoms. The van der Waals surface area contributed by atoms with Crippen LogP contribution in [0.4, 0.5) is 11.5 Å². The van der Waals surface area contributed by atoms with Crippen LogP contribution in [0.1, 0.15) is 23.3 Å². The fourth-order valence-corrected chi connectivity index (χ4v) is 3.66. The summed E-state index contributed by atoms with van der Waals surface area (Å²) in [5.74, 6) is 1.70. The van der Waals surface area contributed by atoms with E-state index in [0.29, 0.717) is 5.69 Å². The van der Waals surface area contributed by atoms with E-state index >= 15 is 0 Å². The van der Waals surface area contributed by atoms with Gasteiger partial charge >= 0.3 is 0 Å². The molecule has 2 aliphatic rings. The molecule has 1 aromatic heterocycles. The zero-order chi connectivity index (χ0) is 18.6.